The minimum absolute atomic E-state index is 0.178. The number of thioether (sulfide) groups is 1. The fourth-order valence-corrected chi connectivity index (χ4v) is 5.86. The normalized spacial score (nSPS) is 22.7. The van der Waals surface area contributed by atoms with Crippen LogP contribution in [-0.4, -0.2) is 75.5 Å². The Morgan fingerprint density at radius 1 is 1.19 bits per heavy atom. The Bertz CT molecular complexity index is 1190. The van der Waals surface area contributed by atoms with E-state index in [0.717, 1.165) is 35.5 Å². The zero-order valence-electron chi connectivity index (χ0n) is 20.0. The van der Waals surface area contributed by atoms with Gasteiger partial charge in [0.2, 0.25) is 0 Å². The summed E-state index contributed by atoms with van der Waals surface area (Å²) in [5.41, 5.74) is 2.69. The van der Waals surface area contributed by atoms with E-state index in [1.165, 1.54) is 16.7 Å². The standard InChI is InChI=1S/C25H28N6O4S/c1-36-23-27-21-19(11-17-12-20(21)31(13-17)24(32)33)22(28-23)29-9-10-30(18(14-29)7-8-26)25(34)35-15-16-5-3-2-4-6-16/h2-6,17-18,20H,7,9-15H2,1H3,(H,32,33)/t17-,18?,20-/m1/s1. The largest absolute Gasteiger partial charge is 0.465 e. The molecule has 1 aliphatic carbocycles. The Hall–Kier alpha value is -3.52. The molecule has 11 heteroatoms. The van der Waals surface area contributed by atoms with E-state index in [1.807, 2.05) is 36.6 Å². The first kappa shape index (κ1) is 24.2. The van der Waals surface area contributed by atoms with Crippen LogP contribution in [0.15, 0.2) is 35.5 Å². The lowest BCUT2D eigenvalue weighted by Crippen LogP contribution is -2.55. The number of amides is 2. The maximum absolute atomic E-state index is 12.9. The lowest BCUT2D eigenvalue weighted by molar-refractivity contribution is 0.0767. The predicted octanol–water partition coefficient (Wildman–Crippen LogP) is 3.54. The number of aromatic nitrogens is 2. The Labute approximate surface area is 213 Å². The number of hydrogen-bond acceptors (Lipinski definition) is 8. The highest BCUT2D eigenvalue weighted by atomic mass is 32.2. The molecule has 1 aromatic heterocycles. The first-order chi connectivity index (χ1) is 17.5. The van der Waals surface area contributed by atoms with Gasteiger partial charge in [0.15, 0.2) is 5.16 Å². The van der Waals surface area contributed by atoms with Gasteiger partial charge in [0.05, 0.1) is 30.3 Å². The summed E-state index contributed by atoms with van der Waals surface area (Å²) in [5.74, 6) is 1.04. The molecular weight excluding hydrogens is 480 g/mol. The highest BCUT2D eigenvalue weighted by molar-refractivity contribution is 7.98. The summed E-state index contributed by atoms with van der Waals surface area (Å²) in [5, 5.41) is 19.8. The number of nitriles is 1. The average molecular weight is 509 g/mol. The van der Waals surface area contributed by atoms with Gasteiger partial charge in [-0.15, -0.1) is 0 Å². The highest BCUT2D eigenvalue weighted by Gasteiger charge is 2.44. The fourth-order valence-electron chi connectivity index (χ4n) is 5.49. The number of ether oxygens (including phenoxy) is 1. The van der Waals surface area contributed by atoms with E-state index in [1.54, 1.807) is 4.90 Å². The number of fused-ring (bicyclic) bond motifs is 4. The molecule has 0 saturated carbocycles. The monoisotopic (exact) mass is 508 g/mol. The SMILES string of the molecule is CSc1nc2c(c(N3CCN(C(=O)OCc4ccccc4)C(CC#N)C3)n1)C[C@@H]1C[C@H]2N(C(=O)O)C1. The van der Waals surface area contributed by atoms with Crippen molar-refractivity contribution in [2.75, 3.05) is 37.3 Å². The van der Waals surface area contributed by atoms with Crippen LogP contribution >= 0.6 is 11.8 Å². The molecule has 5 rings (SSSR count). The second kappa shape index (κ2) is 10.2. The summed E-state index contributed by atoms with van der Waals surface area (Å²) in [4.78, 5) is 39.6. The lowest BCUT2D eigenvalue weighted by atomic mass is 9.87. The second-order valence-electron chi connectivity index (χ2n) is 9.35. The van der Waals surface area contributed by atoms with E-state index in [2.05, 4.69) is 11.0 Å². The van der Waals surface area contributed by atoms with Crippen LogP contribution in [0.1, 0.15) is 35.7 Å². The summed E-state index contributed by atoms with van der Waals surface area (Å²) >= 11 is 1.42. The molecule has 188 valence electrons. The molecule has 1 unspecified atom stereocenters. The smallest absolute Gasteiger partial charge is 0.410 e. The van der Waals surface area contributed by atoms with E-state index in [0.29, 0.717) is 31.3 Å². The van der Waals surface area contributed by atoms with Crippen LogP contribution in [0.4, 0.5) is 15.4 Å². The third kappa shape index (κ3) is 4.65. The first-order valence-electron chi connectivity index (χ1n) is 12.0. The molecule has 36 heavy (non-hydrogen) atoms. The lowest BCUT2D eigenvalue weighted by Gasteiger charge is -2.41. The zero-order valence-corrected chi connectivity index (χ0v) is 20.9. The number of likely N-dealkylation sites (tertiary alicyclic amines) is 1. The third-order valence-electron chi connectivity index (χ3n) is 7.17. The number of carboxylic acid groups (broad SMARTS) is 1. The van der Waals surface area contributed by atoms with E-state index in [-0.39, 0.29) is 31.0 Å². The van der Waals surface area contributed by atoms with Gasteiger partial charge in [0, 0.05) is 31.7 Å². The van der Waals surface area contributed by atoms with E-state index >= 15 is 0 Å². The van der Waals surface area contributed by atoms with Crippen LogP contribution in [0.2, 0.25) is 0 Å². The number of benzene rings is 1. The Balaban J connectivity index is 1.37. The van der Waals surface area contributed by atoms with Crippen molar-refractivity contribution in [3.05, 3.63) is 47.2 Å². The molecule has 3 heterocycles. The van der Waals surface area contributed by atoms with Crippen LogP contribution in [0.5, 0.6) is 0 Å². The Morgan fingerprint density at radius 3 is 2.72 bits per heavy atom. The molecule has 2 bridgehead atoms. The van der Waals surface area contributed by atoms with Crippen LogP contribution in [0, 0.1) is 17.2 Å². The van der Waals surface area contributed by atoms with Crippen LogP contribution in [-0.2, 0) is 17.8 Å². The van der Waals surface area contributed by atoms with Gasteiger partial charge >= 0.3 is 12.2 Å². The van der Waals surface area contributed by atoms with Crippen molar-refractivity contribution >= 4 is 29.8 Å². The molecule has 1 N–H and O–H groups in total. The number of nitrogens with zero attached hydrogens (tertiary/aromatic N) is 6. The van der Waals surface area contributed by atoms with Gasteiger partial charge in [-0.05, 0) is 30.6 Å². The first-order valence-corrected chi connectivity index (χ1v) is 13.2. The van der Waals surface area contributed by atoms with E-state index in [9.17, 15) is 20.0 Å². The van der Waals surface area contributed by atoms with Crippen LogP contribution < -0.4 is 4.90 Å². The molecule has 0 radical (unpaired) electrons. The average Bonchev–Trinajstić information content (AvgIpc) is 3.25. The predicted molar refractivity (Wildman–Crippen MR) is 133 cm³/mol. The van der Waals surface area contributed by atoms with Crippen LogP contribution in [0.3, 0.4) is 0 Å². The van der Waals surface area contributed by atoms with Gasteiger partial charge in [-0.2, -0.15) is 5.26 Å². The molecule has 3 atom stereocenters. The fraction of sp³-hybridized carbons (Fsp3) is 0.480. The number of anilines is 1. The van der Waals surface area contributed by atoms with Gasteiger partial charge in [0.1, 0.15) is 12.4 Å². The van der Waals surface area contributed by atoms with Gasteiger partial charge in [-0.3, -0.25) is 4.90 Å². The van der Waals surface area contributed by atoms with Gasteiger partial charge in [-0.1, -0.05) is 42.1 Å². The number of piperazine rings is 1. The summed E-state index contributed by atoms with van der Waals surface area (Å²) in [6.45, 7) is 2.07. The summed E-state index contributed by atoms with van der Waals surface area (Å²) in [7, 11) is 0. The van der Waals surface area contributed by atoms with Crippen molar-refractivity contribution in [1.29, 1.82) is 5.26 Å². The molecule has 0 spiro atoms. The number of carbonyl (C=O) groups excluding carboxylic acids is 1. The van der Waals surface area contributed by atoms with E-state index in [4.69, 9.17) is 14.7 Å². The van der Waals surface area contributed by atoms with Crippen molar-refractivity contribution in [3.63, 3.8) is 0 Å². The maximum Gasteiger partial charge on any atom is 0.410 e. The van der Waals surface area contributed by atoms with Crippen molar-refractivity contribution in [2.45, 2.75) is 43.1 Å². The number of rotatable bonds is 5. The summed E-state index contributed by atoms with van der Waals surface area (Å²) in [6, 6.07) is 11.1. The highest BCUT2D eigenvalue weighted by Crippen LogP contribution is 2.45. The zero-order chi connectivity index (χ0) is 25.2. The van der Waals surface area contributed by atoms with Crippen LogP contribution in [0.25, 0.3) is 0 Å². The molecule has 1 aromatic carbocycles. The minimum atomic E-state index is -0.919. The molecule has 2 aliphatic heterocycles. The molecule has 2 fully saturated rings. The molecule has 2 aromatic rings. The van der Waals surface area contributed by atoms with Gasteiger partial charge in [-0.25, -0.2) is 19.6 Å². The quantitative estimate of drug-likeness (QED) is 0.477. The topological polar surface area (TPSA) is 123 Å². The van der Waals surface area contributed by atoms with E-state index < -0.39 is 12.2 Å². The molecule has 2 saturated heterocycles. The van der Waals surface area contributed by atoms with Crippen molar-refractivity contribution in [2.24, 2.45) is 5.92 Å². The number of hydrogen-bond donors (Lipinski definition) is 1. The molecule has 2 amide bonds. The van der Waals surface area contributed by atoms with Crippen molar-refractivity contribution in [1.82, 2.24) is 19.8 Å². The third-order valence-corrected chi connectivity index (χ3v) is 7.72. The number of carbonyl (C=O) groups is 2. The Kier molecular flexibility index (Phi) is 6.87. The minimum Gasteiger partial charge on any atom is -0.465 e. The maximum atomic E-state index is 12.9. The second-order valence-corrected chi connectivity index (χ2v) is 10.1. The van der Waals surface area contributed by atoms with Gasteiger partial charge in [0.25, 0.3) is 0 Å². The molecular formula is C25H28N6O4S. The molecule has 3 aliphatic rings. The van der Waals surface area contributed by atoms with Gasteiger partial charge < -0.3 is 19.6 Å². The summed E-state index contributed by atoms with van der Waals surface area (Å²) in [6.07, 6.45) is 2.24. The van der Waals surface area contributed by atoms with Crippen molar-refractivity contribution < 1.29 is 19.4 Å². The van der Waals surface area contributed by atoms with Crippen molar-refractivity contribution in [3.8, 4) is 6.07 Å². The molecule has 10 nitrogen and oxygen atoms in total. The summed E-state index contributed by atoms with van der Waals surface area (Å²) < 4.78 is 5.55. The Morgan fingerprint density at radius 2 is 2.00 bits per heavy atom.